The molecule has 0 saturated carbocycles. The number of carbonyl (C=O) groups is 3. The summed E-state index contributed by atoms with van der Waals surface area (Å²) in [5.74, 6) is -1.04. The number of ether oxygens (including phenoxy) is 6. The molecule has 0 fully saturated rings. The molecule has 1 unspecified atom stereocenters. The van der Waals surface area contributed by atoms with Crippen molar-refractivity contribution in [3.63, 3.8) is 0 Å². The van der Waals surface area contributed by atoms with Crippen molar-refractivity contribution in [1.82, 2.24) is 24.9 Å². The summed E-state index contributed by atoms with van der Waals surface area (Å²) in [6, 6.07) is 2.44. The molecular formula is C29H39Cl2N7O10. The molecule has 17 nitrogen and oxygen atoms in total. The van der Waals surface area contributed by atoms with E-state index in [0.717, 1.165) is 0 Å². The number of rotatable bonds is 23. The number of methoxy groups -OCH3 is 1. The third kappa shape index (κ3) is 13.7. The van der Waals surface area contributed by atoms with Gasteiger partial charge in [0.1, 0.15) is 12.3 Å². The van der Waals surface area contributed by atoms with E-state index in [-0.39, 0.29) is 66.9 Å². The van der Waals surface area contributed by atoms with Gasteiger partial charge >= 0.3 is 12.0 Å². The van der Waals surface area contributed by atoms with Crippen LogP contribution in [-0.2, 0) is 33.3 Å². The van der Waals surface area contributed by atoms with Crippen molar-refractivity contribution < 1.29 is 47.9 Å². The quantitative estimate of drug-likeness (QED) is 0.104. The van der Waals surface area contributed by atoms with Crippen molar-refractivity contribution in [2.45, 2.75) is 25.9 Å². The van der Waals surface area contributed by atoms with E-state index >= 15 is 0 Å². The molecule has 3 amide bonds. The van der Waals surface area contributed by atoms with E-state index in [1.807, 2.05) is 0 Å². The summed E-state index contributed by atoms with van der Waals surface area (Å²) in [7, 11) is 1.53. The molecule has 264 valence electrons. The van der Waals surface area contributed by atoms with Crippen LogP contribution in [0.2, 0.25) is 10.2 Å². The predicted octanol–water partition coefficient (Wildman–Crippen LogP) is 3.21. The zero-order chi connectivity index (χ0) is 34.7. The van der Waals surface area contributed by atoms with Crippen LogP contribution in [0.1, 0.15) is 31.6 Å². The molecule has 0 spiro atoms. The first-order valence-electron chi connectivity index (χ1n) is 14.9. The molecule has 0 aliphatic carbocycles. The molecule has 0 aliphatic rings. The third-order valence-electron chi connectivity index (χ3n) is 6.26. The largest absolute Gasteiger partial charge is 0.481 e. The molecule has 0 aromatic carbocycles. The van der Waals surface area contributed by atoms with Gasteiger partial charge in [-0.3, -0.25) is 9.59 Å². The van der Waals surface area contributed by atoms with Crippen LogP contribution in [0.3, 0.4) is 0 Å². The lowest BCUT2D eigenvalue weighted by molar-refractivity contribution is -0.138. The number of nitrogens with zero attached hydrogens (tertiary/aromatic N) is 4. The van der Waals surface area contributed by atoms with Crippen LogP contribution >= 0.6 is 23.2 Å². The highest BCUT2D eigenvalue weighted by Gasteiger charge is 2.20. The second-order valence-electron chi connectivity index (χ2n) is 9.80. The number of anilines is 2. The van der Waals surface area contributed by atoms with Gasteiger partial charge < -0.3 is 49.5 Å². The molecule has 0 aliphatic heterocycles. The highest BCUT2D eigenvalue weighted by atomic mass is 35.5. The Balaban J connectivity index is 1.32. The monoisotopic (exact) mass is 715 g/mol. The normalized spacial score (nSPS) is 11.8. The van der Waals surface area contributed by atoms with Gasteiger partial charge in [-0.25, -0.2) is 19.3 Å². The number of pyridine rings is 1. The maximum absolute atomic E-state index is 13.0. The summed E-state index contributed by atoms with van der Waals surface area (Å²) in [4.78, 5) is 43.9. The number of urea groups is 1. The number of nitrogens with one attached hydrogen (secondary N) is 3. The van der Waals surface area contributed by atoms with Gasteiger partial charge in [0.25, 0.3) is 0 Å². The number of aliphatic carboxylic acids is 1. The van der Waals surface area contributed by atoms with Crippen molar-refractivity contribution in [3.05, 3.63) is 40.4 Å². The molecule has 48 heavy (non-hydrogen) atoms. The number of amides is 3. The number of carboxylic acid groups (broad SMARTS) is 1. The van der Waals surface area contributed by atoms with Gasteiger partial charge in [0, 0.05) is 25.8 Å². The number of hydrogen-bond donors (Lipinski definition) is 4. The maximum Gasteiger partial charge on any atom is 0.323 e. The maximum atomic E-state index is 13.0. The fourth-order valence-corrected chi connectivity index (χ4v) is 4.27. The Kier molecular flexibility index (Phi) is 17.0. The molecule has 0 saturated heterocycles. The Morgan fingerprint density at radius 3 is 2.12 bits per heavy atom. The van der Waals surface area contributed by atoms with E-state index in [0.29, 0.717) is 56.7 Å². The predicted molar refractivity (Wildman–Crippen MR) is 174 cm³/mol. The number of fused-ring (bicyclic) bond motifs is 1. The summed E-state index contributed by atoms with van der Waals surface area (Å²) in [6.45, 7) is 4.46. The molecule has 3 aromatic heterocycles. The SMILES string of the molecule is COC(C)c1c(NC(=O)Nc2cc(Cl)cnc2OCCNC(=O)CCOCCOCCOCCOCCC(=O)O)cnc2cc(Cl)nn12. The zero-order valence-electron chi connectivity index (χ0n) is 26.5. The minimum atomic E-state index is -0.905. The summed E-state index contributed by atoms with van der Waals surface area (Å²) in [5.41, 5.74) is 1.55. The molecule has 0 bridgehead atoms. The summed E-state index contributed by atoms with van der Waals surface area (Å²) in [5, 5.41) is 21.4. The lowest BCUT2D eigenvalue weighted by Crippen LogP contribution is -2.29. The standard InChI is InChI=1S/C29H39Cl2N7O10/c1-19(43-2)27-22(18-33-24-16-23(31)37-38(24)27)36-29(42)35-21-15-20(30)17-34-28(21)48-8-5-32-25(39)3-6-44-9-11-46-13-14-47-12-10-45-7-4-26(40)41/h15-19H,3-14H2,1-2H3,(H,32,39)(H,40,41)(H2,35,36,42). The Morgan fingerprint density at radius 2 is 1.48 bits per heavy atom. The lowest BCUT2D eigenvalue weighted by atomic mass is 10.2. The average molecular weight is 717 g/mol. The summed E-state index contributed by atoms with van der Waals surface area (Å²) in [6.07, 6.45) is 2.49. The van der Waals surface area contributed by atoms with Crippen LogP contribution in [0, 0.1) is 0 Å². The van der Waals surface area contributed by atoms with Crippen LogP contribution in [0.25, 0.3) is 5.65 Å². The Labute approximate surface area is 286 Å². The Morgan fingerprint density at radius 1 is 0.854 bits per heavy atom. The van der Waals surface area contributed by atoms with Gasteiger partial charge in [-0.05, 0) is 13.0 Å². The third-order valence-corrected chi connectivity index (χ3v) is 6.65. The first kappa shape index (κ1) is 38.6. The van der Waals surface area contributed by atoms with Crippen molar-refractivity contribution in [2.75, 3.05) is 83.8 Å². The summed E-state index contributed by atoms with van der Waals surface area (Å²) < 4.78 is 33.8. The van der Waals surface area contributed by atoms with E-state index in [9.17, 15) is 14.4 Å². The zero-order valence-corrected chi connectivity index (χ0v) is 28.1. The fourth-order valence-electron chi connectivity index (χ4n) is 3.94. The van der Waals surface area contributed by atoms with Gasteiger partial charge in [-0.1, -0.05) is 23.2 Å². The Hall–Kier alpha value is -3.84. The Bertz CT molecular complexity index is 1480. The van der Waals surface area contributed by atoms with Crippen molar-refractivity contribution >= 4 is 58.1 Å². The van der Waals surface area contributed by atoms with Crippen molar-refractivity contribution in [2.24, 2.45) is 0 Å². The van der Waals surface area contributed by atoms with Gasteiger partial charge in [0.15, 0.2) is 10.8 Å². The second-order valence-corrected chi connectivity index (χ2v) is 10.6. The fraction of sp³-hybridized carbons (Fsp3) is 0.517. The molecule has 3 aromatic rings. The summed E-state index contributed by atoms with van der Waals surface area (Å²) >= 11 is 12.2. The number of halogens is 2. The number of aromatic nitrogens is 4. The number of hydrogen-bond acceptors (Lipinski definition) is 12. The van der Waals surface area contributed by atoms with E-state index in [1.165, 1.54) is 30.1 Å². The topological polar surface area (TPSA) is 206 Å². The highest BCUT2D eigenvalue weighted by molar-refractivity contribution is 6.31. The molecule has 4 N–H and O–H groups in total. The first-order valence-corrected chi connectivity index (χ1v) is 15.7. The van der Waals surface area contributed by atoms with Gasteiger partial charge in [0.2, 0.25) is 11.8 Å². The van der Waals surface area contributed by atoms with E-state index < -0.39 is 18.1 Å². The van der Waals surface area contributed by atoms with E-state index in [1.54, 1.807) is 13.0 Å². The number of carbonyl (C=O) groups excluding carboxylic acids is 2. The molecule has 19 heteroatoms. The molecule has 1 atom stereocenters. The molecule has 3 heterocycles. The first-order chi connectivity index (χ1) is 23.2. The smallest absolute Gasteiger partial charge is 0.323 e. The molecule has 0 radical (unpaired) electrons. The van der Waals surface area contributed by atoms with Crippen LogP contribution in [-0.4, -0.2) is 116 Å². The van der Waals surface area contributed by atoms with Crippen LogP contribution in [0.4, 0.5) is 16.2 Å². The van der Waals surface area contributed by atoms with Crippen LogP contribution < -0.4 is 20.7 Å². The van der Waals surface area contributed by atoms with Gasteiger partial charge in [0.05, 0.1) is 94.5 Å². The van der Waals surface area contributed by atoms with Crippen LogP contribution in [0.15, 0.2) is 24.5 Å². The number of carboxylic acids is 1. The molecule has 3 rings (SSSR count). The molecular weight excluding hydrogens is 677 g/mol. The lowest BCUT2D eigenvalue weighted by Gasteiger charge is -2.17. The van der Waals surface area contributed by atoms with Gasteiger partial charge in [-0.2, -0.15) is 5.10 Å². The highest BCUT2D eigenvalue weighted by Crippen LogP contribution is 2.28. The van der Waals surface area contributed by atoms with Crippen molar-refractivity contribution in [1.29, 1.82) is 0 Å². The minimum absolute atomic E-state index is 0.0390. The average Bonchev–Trinajstić information content (AvgIpc) is 3.43. The van der Waals surface area contributed by atoms with Crippen LogP contribution in [0.5, 0.6) is 5.88 Å². The van der Waals surface area contributed by atoms with E-state index in [2.05, 4.69) is 31.0 Å². The minimum Gasteiger partial charge on any atom is -0.481 e. The van der Waals surface area contributed by atoms with Gasteiger partial charge in [-0.15, -0.1) is 0 Å². The van der Waals surface area contributed by atoms with Crippen molar-refractivity contribution in [3.8, 4) is 5.88 Å². The van der Waals surface area contributed by atoms with E-state index in [4.69, 9.17) is 56.7 Å². The second kappa shape index (κ2) is 21.2.